The van der Waals surface area contributed by atoms with Crippen LogP contribution in [-0.4, -0.2) is 51.3 Å². The smallest absolute Gasteiger partial charge is 0.0593 e. The van der Waals surface area contributed by atoms with E-state index < -0.39 is 0 Å². The van der Waals surface area contributed by atoms with E-state index in [-0.39, 0.29) is 0 Å². The second-order valence-electron chi connectivity index (χ2n) is 4.34. The van der Waals surface area contributed by atoms with Gasteiger partial charge in [0.15, 0.2) is 0 Å². The molecule has 0 heterocycles. The third-order valence-corrected chi connectivity index (χ3v) is 2.59. The van der Waals surface area contributed by atoms with Crippen molar-refractivity contribution in [1.82, 2.24) is 10.2 Å². The quantitative estimate of drug-likeness (QED) is 0.508. The van der Waals surface area contributed by atoms with Crippen LogP contribution in [0.3, 0.4) is 0 Å². The second-order valence-corrected chi connectivity index (χ2v) is 4.34. The van der Waals surface area contributed by atoms with Gasteiger partial charge in [-0.3, -0.25) is 0 Å². The molecule has 1 N–H and O–H groups in total. The minimum absolute atomic E-state index is 0.580. The number of nitrogens with one attached hydrogen (secondary N) is 1. The molecule has 0 saturated heterocycles. The van der Waals surface area contributed by atoms with Gasteiger partial charge in [-0.25, -0.2) is 0 Å². The van der Waals surface area contributed by atoms with Gasteiger partial charge >= 0.3 is 0 Å². The third kappa shape index (κ3) is 6.66. The van der Waals surface area contributed by atoms with Crippen LogP contribution < -0.4 is 5.32 Å². The molecule has 0 radical (unpaired) electrons. The molecule has 1 unspecified atom stereocenters. The van der Waals surface area contributed by atoms with Gasteiger partial charge in [0, 0.05) is 19.1 Å². The minimum atomic E-state index is 0.580. The van der Waals surface area contributed by atoms with Crippen molar-refractivity contribution in [2.24, 2.45) is 0 Å². The number of nitrogens with zero attached hydrogens (tertiary/aromatic N) is 1. The van der Waals surface area contributed by atoms with Crippen molar-refractivity contribution in [3.8, 4) is 0 Å². The number of likely N-dealkylation sites (N-methyl/N-ethyl adjacent to an activating group) is 1. The standard InChI is InChI=1S/C12H24N2O/c1-14(2)9-11-15-10-8-13-12-6-4-3-5-7-12/h4,6,12-13H,3,5,7-11H2,1-2H3. The molecule has 0 amide bonds. The zero-order valence-electron chi connectivity index (χ0n) is 10.0. The van der Waals surface area contributed by atoms with Gasteiger partial charge in [0.25, 0.3) is 0 Å². The van der Waals surface area contributed by atoms with Gasteiger partial charge in [0.1, 0.15) is 0 Å². The lowest BCUT2D eigenvalue weighted by Crippen LogP contribution is -2.32. The van der Waals surface area contributed by atoms with Crippen molar-refractivity contribution < 1.29 is 4.74 Å². The van der Waals surface area contributed by atoms with Crippen LogP contribution in [0.25, 0.3) is 0 Å². The summed E-state index contributed by atoms with van der Waals surface area (Å²) < 4.78 is 5.51. The van der Waals surface area contributed by atoms with E-state index in [0.29, 0.717) is 6.04 Å². The van der Waals surface area contributed by atoms with Crippen molar-refractivity contribution in [2.45, 2.75) is 25.3 Å². The van der Waals surface area contributed by atoms with Crippen LogP contribution in [-0.2, 0) is 4.74 Å². The first kappa shape index (κ1) is 12.7. The largest absolute Gasteiger partial charge is 0.379 e. The van der Waals surface area contributed by atoms with Crippen molar-refractivity contribution in [3.63, 3.8) is 0 Å². The summed E-state index contributed by atoms with van der Waals surface area (Å²) in [5, 5.41) is 3.48. The molecule has 3 nitrogen and oxygen atoms in total. The summed E-state index contributed by atoms with van der Waals surface area (Å²) in [4.78, 5) is 2.14. The molecule has 1 atom stereocenters. The van der Waals surface area contributed by atoms with Crippen LogP contribution in [0.4, 0.5) is 0 Å². The SMILES string of the molecule is CN(C)CCOCCNC1C=CCCC1. The van der Waals surface area contributed by atoms with Crippen LogP contribution in [0.2, 0.25) is 0 Å². The lowest BCUT2D eigenvalue weighted by atomic mass is 10.0. The van der Waals surface area contributed by atoms with E-state index in [0.717, 1.165) is 26.3 Å². The highest BCUT2D eigenvalue weighted by Crippen LogP contribution is 2.09. The Balaban J connectivity index is 1.88. The van der Waals surface area contributed by atoms with Crippen LogP contribution >= 0.6 is 0 Å². The number of hydrogen-bond donors (Lipinski definition) is 1. The average molecular weight is 212 g/mol. The van der Waals surface area contributed by atoms with Crippen molar-refractivity contribution in [2.75, 3.05) is 40.4 Å². The topological polar surface area (TPSA) is 24.5 Å². The lowest BCUT2D eigenvalue weighted by molar-refractivity contribution is 0.118. The summed E-state index contributed by atoms with van der Waals surface area (Å²) in [5.74, 6) is 0. The van der Waals surface area contributed by atoms with Crippen LogP contribution in [0.15, 0.2) is 12.2 Å². The van der Waals surface area contributed by atoms with E-state index in [1.807, 2.05) is 0 Å². The number of ether oxygens (including phenoxy) is 1. The summed E-state index contributed by atoms with van der Waals surface area (Å²) in [6.45, 7) is 3.61. The Morgan fingerprint density at radius 2 is 2.27 bits per heavy atom. The molecule has 0 spiro atoms. The molecule has 88 valence electrons. The van der Waals surface area contributed by atoms with E-state index in [4.69, 9.17) is 4.74 Å². The molecule has 0 aromatic carbocycles. The Hall–Kier alpha value is -0.380. The maximum absolute atomic E-state index is 5.51. The molecule has 0 aromatic rings. The van der Waals surface area contributed by atoms with E-state index in [1.165, 1.54) is 19.3 Å². The maximum Gasteiger partial charge on any atom is 0.0593 e. The van der Waals surface area contributed by atoms with Crippen LogP contribution in [0, 0.1) is 0 Å². The fourth-order valence-corrected chi connectivity index (χ4v) is 1.65. The molecule has 3 heteroatoms. The Morgan fingerprint density at radius 3 is 2.93 bits per heavy atom. The number of rotatable bonds is 7. The highest BCUT2D eigenvalue weighted by molar-refractivity contribution is 4.97. The summed E-state index contributed by atoms with van der Waals surface area (Å²) >= 11 is 0. The molecule has 15 heavy (non-hydrogen) atoms. The molecule has 0 fully saturated rings. The number of hydrogen-bond acceptors (Lipinski definition) is 3. The molecular weight excluding hydrogens is 188 g/mol. The summed E-state index contributed by atoms with van der Waals surface area (Å²) in [6.07, 6.45) is 8.39. The average Bonchev–Trinajstić information content (AvgIpc) is 2.24. The molecule has 0 aromatic heterocycles. The first-order chi connectivity index (χ1) is 7.29. The van der Waals surface area contributed by atoms with Crippen LogP contribution in [0.1, 0.15) is 19.3 Å². The lowest BCUT2D eigenvalue weighted by Gasteiger charge is -2.18. The fourth-order valence-electron chi connectivity index (χ4n) is 1.65. The Labute approximate surface area is 93.5 Å². The van der Waals surface area contributed by atoms with E-state index in [9.17, 15) is 0 Å². The Morgan fingerprint density at radius 1 is 1.40 bits per heavy atom. The van der Waals surface area contributed by atoms with Crippen molar-refractivity contribution in [1.29, 1.82) is 0 Å². The zero-order valence-corrected chi connectivity index (χ0v) is 10.0. The molecule has 0 saturated carbocycles. The van der Waals surface area contributed by atoms with E-state index in [1.54, 1.807) is 0 Å². The predicted molar refractivity (Wildman–Crippen MR) is 64.2 cm³/mol. The van der Waals surface area contributed by atoms with Crippen molar-refractivity contribution in [3.05, 3.63) is 12.2 Å². The highest BCUT2D eigenvalue weighted by Gasteiger charge is 2.06. The maximum atomic E-state index is 5.51. The zero-order chi connectivity index (χ0) is 10.9. The predicted octanol–water partition coefficient (Wildman–Crippen LogP) is 1.26. The van der Waals surface area contributed by atoms with Gasteiger partial charge < -0.3 is 15.0 Å². The molecule has 1 aliphatic rings. The van der Waals surface area contributed by atoms with Gasteiger partial charge in [-0.15, -0.1) is 0 Å². The van der Waals surface area contributed by atoms with Gasteiger partial charge in [0.2, 0.25) is 0 Å². The first-order valence-electron chi connectivity index (χ1n) is 5.91. The van der Waals surface area contributed by atoms with Gasteiger partial charge in [0.05, 0.1) is 13.2 Å². The molecular formula is C12H24N2O. The highest BCUT2D eigenvalue weighted by atomic mass is 16.5. The fraction of sp³-hybridized carbons (Fsp3) is 0.833. The van der Waals surface area contributed by atoms with Gasteiger partial charge in [-0.05, 0) is 33.4 Å². The summed E-state index contributed by atoms with van der Waals surface area (Å²) in [5.41, 5.74) is 0. The molecule has 1 aliphatic carbocycles. The van der Waals surface area contributed by atoms with Crippen LogP contribution in [0.5, 0.6) is 0 Å². The monoisotopic (exact) mass is 212 g/mol. The molecule has 1 rings (SSSR count). The van der Waals surface area contributed by atoms with E-state index in [2.05, 4.69) is 36.5 Å². The first-order valence-corrected chi connectivity index (χ1v) is 5.91. The van der Waals surface area contributed by atoms with Gasteiger partial charge in [-0.2, -0.15) is 0 Å². The van der Waals surface area contributed by atoms with Crippen molar-refractivity contribution >= 4 is 0 Å². The number of allylic oxidation sites excluding steroid dienone is 1. The molecule has 0 aliphatic heterocycles. The third-order valence-electron chi connectivity index (χ3n) is 2.59. The summed E-state index contributed by atoms with van der Waals surface area (Å²) in [7, 11) is 4.13. The minimum Gasteiger partial charge on any atom is -0.379 e. The van der Waals surface area contributed by atoms with E-state index >= 15 is 0 Å². The second kappa shape index (κ2) is 7.85. The molecule has 0 bridgehead atoms. The Kier molecular flexibility index (Phi) is 6.64. The van der Waals surface area contributed by atoms with Gasteiger partial charge in [-0.1, -0.05) is 12.2 Å². The Bertz CT molecular complexity index is 180. The summed E-state index contributed by atoms with van der Waals surface area (Å²) in [6, 6.07) is 0.580. The normalized spacial score (nSPS) is 21.1.